The molecule has 0 saturated carbocycles. The van der Waals surface area contributed by atoms with Crippen LogP contribution in [0.1, 0.15) is 11.7 Å². The summed E-state index contributed by atoms with van der Waals surface area (Å²) in [4.78, 5) is 11.2. The summed E-state index contributed by atoms with van der Waals surface area (Å²) in [5, 5.41) is 10.3. The highest BCUT2D eigenvalue weighted by atomic mass is 79.9. The smallest absolute Gasteiger partial charge is 0.328 e. The zero-order valence-electron chi connectivity index (χ0n) is 11.4. The summed E-state index contributed by atoms with van der Waals surface area (Å²) in [7, 11) is 0. The van der Waals surface area contributed by atoms with Gasteiger partial charge in [0.25, 0.3) is 0 Å². The van der Waals surface area contributed by atoms with Crippen molar-refractivity contribution in [2.45, 2.75) is 10.9 Å². The number of aliphatic hydroxyl groups is 1. The molecule has 2 aromatic rings. The third-order valence-electron chi connectivity index (χ3n) is 3.20. The molecule has 2 aromatic carbocycles. The molecule has 5 nitrogen and oxygen atoms in total. The summed E-state index contributed by atoms with van der Waals surface area (Å²) in [6.07, 6.45) is -1.06. The molecule has 1 aliphatic heterocycles. The Morgan fingerprint density at radius 1 is 1.14 bits per heavy atom. The van der Waals surface area contributed by atoms with Crippen molar-refractivity contribution in [1.82, 2.24) is 0 Å². The summed E-state index contributed by atoms with van der Waals surface area (Å²) >= 11 is 3.19. The number of fused-ring (bicyclic) bond motifs is 1. The fourth-order valence-electron chi connectivity index (χ4n) is 2.06. The maximum Gasteiger partial charge on any atom is 0.328 e. The summed E-state index contributed by atoms with van der Waals surface area (Å²) in [5.74, 6) is 1.02. The van der Waals surface area contributed by atoms with Crippen LogP contribution in [-0.2, 0) is 4.79 Å². The Balaban J connectivity index is 1.71. The summed E-state index contributed by atoms with van der Waals surface area (Å²) in [6.45, 7) is 0.155. The van der Waals surface area contributed by atoms with Crippen LogP contribution >= 0.6 is 15.9 Å². The Hall–Kier alpha value is -2.05. The number of hydrogen-bond donors (Lipinski definition) is 1. The lowest BCUT2D eigenvalue weighted by molar-refractivity contribution is -0.135. The Labute approximate surface area is 135 Å². The predicted molar refractivity (Wildman–Crippen MR) is 82.3 cm³/mol. The van der Waals surface area contributed by atoms with Crippen molar-refractivity contribution in [3.8, 4) is 17.2 Å². The molecule has 0 aliphatic carbocycles. The van der Waals surface area contributed by atoms with Gasteiger partial charge in [0.05, 0.1) is 0 Å². The highest BCUT2D eigenvalue weighted by molar-refractivity contribution is 9.10. The molecular weight excluding hydrogens is 352 g/mol. The molecule has 0 amide bonds. The average molecular weight is 365 g/mol. The minimum atomic E-state index is -1.06. The molecule has 0 saturated heterocycles. The van der Waals surface area contributed by atoms with Crippen molar-refractivity contribution in [2.24, 2.45) is 0 Å². The van der Waals surface area contributed by atoms with Gasteiger partial charge in [-0.15, -0.1) is 0 Å². The van der Waals surface area contributed by atoms with Crippen LogP contribution in [0.5, 0.6) is 17.2 Å². The lowest BCUT2D eigenvalue weighted by atomic mass is 10.1. The molecule has 6 heteroatoms. The highest BCUT2D eigenvalue weighted by Crippen LogP contribution is 2.35. The van der Waals surface area contributed by atoms with E-state index in [1.807, 2.05) is 6.07 Å². The average Bonchev–Trinajstić information content (AvgIpc) is 3.02. The SMILES string of the molecule is O=C(Oc1ccccc1)C(Br)C(O)c1ccc2c(c1)OCO2. The Morgan fingerprint density at radius 3 is 2.64 bits per heavy atom. The standard InChI is InChI=1S/C16H13BrO5/c17-14(16(19)22-11-4-2-1-3-5-11)15(18)10-6-7-12-13(8-10)21-9-20-12/h1-8,14-15,18H,9H2. The van der Waals surface area contributed by atoms with Crippen molar-refractivity contribution >= 4 is 21.9 Å². The maximum absolute atomic E-state index is 12.1. The van der Waals surface area contributed by atoms with Gasteiger partial charge in [-0.3, -0.25) is 4.79 Å². The minimum absolute atomic E-state index is 0.155. The van der Waals surface area contributed by atoms with Crippen molar-refractivity contribution < 1.29 is 24.1 Å². The van der Waals surface area contributed by atoms with Crippen LogP contribution in [-0.4, -0.2) is 22.7 Å². The van der Waals surface area contributed by atoms with Crippen LogP contribution in [0.25, 0.3) is 0 Å². The van der Waals surface area contributed by atoms with Gasteiger partial charge in [-0.1, -0.05) is 40.2 Å². The Bertz CT molecular complexity index is 673. The molecule has 22 heavy (non-hydrogen) atoms. The summed E-state index contributed by atoms with van der Waals surface area (Å²) < 4.78 is 15.7. The maximum atomic E-state index is 12.1. The van der Waals surface area contributed by atoms with Gasteiger partial charge in [-0.05, 0) is 29.8 Å². The summed E-state index contributed by atoms with van der Waals surface area (Å²) in [5.41, 5.74) is 0.538. The van der Waals surface area contributed by atoms with E-state index >= 15 is 0 Å². The third kappa shape index (κ3) is 3.08. The zero-order valence-corrected chi connectivity index (χ0v) is 13.0. The molecule has 0 radical (unpaired) electrons. The van der Waals surface area contributed by atoms with E-state index in [0.29, 0.717) is 22.8 Å². The van der Waals surface area contributed by atoms with Crippen molar-refractivity contribution in [3.63, 3.8) is 0 Å². The van der Waals surface area contributed by atoms with E-state index in [0.717, 1.165) is 0 Å². The second kappa shape index (κ2) is 6.37. The van der Waals surface area contributed by atoms with Crippen molar-refractivity contribution in [1.29, 1.82) is 0 Å². The highest BCUT2D eigenvalue weighted by Gasteiger charge is 2.28. The molecule has 0 fully saturated rings. The number of carbonyl (C=O) groups excluding carboxylic acids is 1. The van der Waals surface area contributed by atoms with E-state index in [4.69, 9.17) is 14.2 Å². The topological polar surface area (TPSA) is 65.0 Å². The van der Waals surface area contributed by atoms with E-state index < -0.39 is 16.9 Å². The second-order valence-electron chi connectivity index (χ2n) is 4.69. The normalized spacial score (nSPS) is 15.2. The molecule has 1 aliphatic rings. The van der Waals surface area contributed by atoms with E-state index in [1.54, 1.807) is 42.5 Å². The van der Waals surface area contributed by atoms with Gasteiger partial charge >= 0.3 is 5.97 Å². The number of hydrogen-bond acceptors (Lipinski definition) is 5. The number of halogens is 1. The second-order valence-corrected chi connectivity index (χ2v) is 5.68. The molecule has 0 spiro atoms. The number of alkyl halides is 1. The lowest BCUT2D eigenvalue weighted by Gasteiger charge is -2.17. The molecule has 0 bridgehead atoms. The molecule has 1 heterocycles. The largest absolute Gasteiger partial charge is 0.454 e. The fraction of sp³-hybridized carbons (Fsp3) is 0.188. The first-order valence-electron chi connectivity index (χ1n) is 6.63. The quantitative estimate of drug-likeness (QED) is 0.513. The van der Waals surface area contributed by atoms with E-state index in [2.05, 4.69) is 15.9 Å². The van der Waals surface area contributed by atoms with Crippen LogP contribution in [0.15, 0.2) is 48.5 Å². The van der Waals surface area contributed by atoms with E-state index in [1.165, 1.54) is 0 Å². The number of aliphatic hydroxyl groups excluding tert-OH is 1. The number of carbonyl (C=O) groups is 1. The van der Waals surface area contributed by atoms with Crippen LogP contribution in [0.4, 0.5) is 0 Å². The molecule has 114 valence electrons. The summed E-state index contributed by atoms with van der Waals surface area (Å²) in [6, 6.07) is 13.7. The molecular formula is C16H13BrO5. The fourth-order valence-corrected chi connectivity index (χ4v) is 2.45. The van der Waals surface area contributed by atoms with Gasteiger partial charge in [0, 0.05) is 0 Å². The van der Waals surface area contributed by atoms with Gasteiger partial charge < -0.3 is 19.3 Å². The number of esters is 1. The first kappa shape index (κ1) is 14.9. The zero-order chi connectivity index (χ0) is 15.5. The Kier molecular flexibility index (Phi) is 4.31. The monoisotopic (exact) mass is 364 g/mol. The van der Waals surface area contributed by atoms with Gasteiger partial charge in [0.15, 0.2) is 11.5 Å². The molecule has 2 unspecified atom stereocenters. The van der Waals surface area contributed by atoms with Crippen LogP contribution in [0, 0.1) is 0 Å². The van der Waals surface area contributed by atoms with E-state index in [9.17, 15) is 9.90 Å². The third-order valence-corrected chi connectivity index (χ3v) is 4.08. The number of benzene rings is 2. The molecule has 3 rings (SSSR count). The van der Waals surface area contributed by atoms with Crippen molar-refractivity contribution in [3.05, 3.63) is 54.1 Å². The first-order chi connectivity index (χ1) is 10.6. The van der Waals surface area contributed by atoms with Gasteiger partial charge in [-0.25, -0.2) is 0 Å². The van der Waals surface area contributed by atoms with Crippen LogP contribution in [0.3, 0.4) is 0 Å². The molecule has 0 aromatic heterocycles. The number of ether oxygens (including phenoxy) is 3. The number of rotatable bonds is 4. The predicted octanol–water partition coefficient (Wildman–Crippen LogP) is 2.82. The van der Waals surface area contributed by atoms with Crippen LogP contribution in [0.2, 0.25) is 0 Å². The Morgan fingerprint density at radius 2 is 1.86 bits per heavy atom. The molecule has 1 N–H and O–H groups in total. The minimum Gasteiger partial charge on any atom is -0.454 e. The van der Waals surface area contributed by atoms with Gasteiger partial charge in [-0.2, -0.15) is 0 Å². The number of para-hydroxylation sites is 1. The van der Waals surface area contributed by atoms with Gasteiger partial charge in [0.1, 0.15) is 16.7 Å². The van der Waals surface area contributed by atoms with E-state index in [-0.39, 0.29) is 6.79 Å². The van der Waals surface area contributed by atoms with Gasteiger partial charge in [0.2, 0.25) is 6.79 Å². The van der Waals surface area contributed by atoms with Crippen molar-refractivity contribution in [2.75, 3.05) is 6.79 Å². The lowest BCUT2D eigenvalue weighted by Crippen LogP contribution is -2.26. The van der Waals surface area contributed by atoms with Crippen LogP contribution < -0.4 is 14.2 Å². The molecule has 2 atom stereocenters. The first-order valence-corrected chi connectivity index (χ1v) is 7.55.